The highest BCUT2D eigenvalue weighted by molar-refractivity contribution is 5.89. The second-order valence-electron chi connectivity index (χ2n) is 5.20. The van der Waals surface area contributed by atoms with Gasteiger partial charge in [0.1, 0.15) is 11.6 Å². The lowest BCUT2D eigenvalue weighted by Gasteiger charge is -2.25. The number of nitrogens with two attached hydrogens (primary N) is 1. The lowest BCUT2D eigenvalue weighted by Crippen LogP contribution is -2.52. The number of carbonyl (C=O) groups is 1. The molecule has 0 aliphatic carbocycles. The van der Waals surface area contributed by atoms with Gasteiger partial charge in [0.15, 0.2) is 5.84 Å². The Hall–Kier alpha value is -1.50. The van der Waals surface area contributed by atoms with Crippen LogP contribution in [0.5, 0.6) is 0 Å². The zero-order valence-electron chi connectivity index (χ0n) is 11.0. The van der Waals surface area contributed by atoms with Crippen molar-refractivity contribution in [3.63, 3.8) is 0 Å². The molecule has 1 amide bonds. The molecule has 1 rings (SSSR count). The standard InChI is InChI=1S/C11H21N3O4/c1-11(2,3)18-10(15)13-8(9(12)14-16)7-5-4-6-17-7/h7-8,16H,4-6H2,1-3H3,(H2,12,14)(H,13,15)/t7-,8+/m0/s1. The van der Waals surface area contributed by atoms with E-state index in [1.165, 1.54) is 0 Å². The van der Waals surface area contributed by atoms with Crippen LogP contribution in [0.15, 0.2) is 5.16 Å². The summed E-state index contributed by atoms with van der Waals surface area (Å²) in [7, 11) is 0. The van der Waals surface area contributed by atoms with Gasteiger partial charge in [0.25, 0.3) is 0 Å². The van der Waals surface area contributed by atoms with Crippen molar-refractivity contribution in [2.75, 3.05) is 6.61 Å². The lowest BCUT2D eigenvalue weighted by molar-refractivity contribution is 0.0427. The number of hydrogen-bond acceptors (Lipinski definition) is 5. The van der Waals surface area contributed by atoms with Crippen LogP contribution in [0.2, 0.25) is 0 Å². The quantitative estimate of drug-likeness (QED) is 0.301. The number of ether oxygens (including phenoxy) is 2. The number of nitrogens with zero attached hydrogens (tertiary/aromatic N) is 1. The topological polar surface area (TPSA) is 106 Å². The first-order valence-electron chi connectivity index (χ1n) is 5.92. The van der Waals surface area contributed by atoms with E-state index in [0.29, 0.717) is 6.61 Å². The fourth-order valence-electron chi connectivity index (χ4n) is 1.72. The summed E-state index contributed by atoms with van der Waals surface area (Å²) in [6.07, 6.45) is 0.732. The molecule has 0 saturated carbocycles. The maximum Gasteiger partial charge on any atom is 0.408 e. The summed E-state index contributed by atoms with van der Waals surface area (Å²) in [6.45, 7) is 5.89. The van der Waals surface area contributed by atoms with E-state index in [1.54, 1.807) is 20.8 Å². The van der Waals surface area contributed by atoms with Gasteiger partial charge in [-0.1, -0.05) is 5.16 Å². The minimum absolute atomic E-state index is 0.0900. The van der Waals surface area contributed by atoms with Gasteiger partial charge in [-0.25, -0.2) is 4.79 Å². The Morgan fingerprint density at radius 1 is 1.61 bits per heavy atom. The van der Waals surface area contributed by atoms with E-state index in [2.05, 4.69) is 10.5 Å². The SMILES string of the molecule is CC(C)(C)OC(=O)N[C@@H](/C(N)=N\O)[C@@H]1CCCO1. The number of amidine groups is 1. The third-order valence-electron chi connectivity index (χ3n) is 2.44. The van der Waals surface area contributed by atoms with Crippen LogP contribution in [-0.2, 0) is 9.47 Å². The first-order chi connectivity index (χ1) is 8.33. The fraction of sp³-hybridized carbons (Fsp3) is 0.818. The summed E-state index contributed by atoms with van der Waals surface area (Å²) in [5.41, 5.74) is 4.96. The van der Waals surface area contributed by atoms with E-state index < -0.39 is 17.7 Å². The molecule has 1 aliphatic heterocycles. The molecule has 0 bridgehead atoms. The maximum atomic E-state index is 11.7. The van der Waals surface area contributed by atoms with Crippen molar-refractivity contribution in [3.05, 3.63) is 0 Å². The Morgan fingerprint density at radius 2 is 2.28 bits per heavy atom. The zero-order valence-corrected chi connectivity index (χ0v) is 11.0. The Bertz CT molecular complexity index is 319. The van der Waals surface area contributed by atoms with Gasteiger partial charge in [0.05, 0.1) is 6.10 Å². The molecule has 0 radical (unpaired) electrons. The lowest BCUT2D eigenvalue weighted by atomic mass is 10.1. The van der Waals surface area contributed by atoms with Gasteiger partial charge in [0.2, 0.25) is 0 Å². The van der Waals surface area contributed by atoms with Gasteiger partial charge in [-0.2, -0.15) is 0 Å². The fourth-order valence-corrected chi connectivity index (χ4v) is 1.72. The molecule has 4 N–H and O–H groups in total. The predicted octanol–water partition coefficient (Wildman–Crippen LogP) is 0.805. The van der Waals surface area contributed by atoms with E-state index >= 15 is 0 Å². The zero-order chi connectivity index (χ0) is 13.8. The van der Waals surface area contributed by atoms with Gasteiger partial charge in [-0.05, 0) is 33.6 Å². The second kappa shape index (κ2) is 5.90. The molecule has 104 valence electrons. The molecule has 1 fully saturated rings. The van der Waals surface area contributed by atoms with E-state index in [0.717, 1.165) is 12.8 Å². The first-order valence-corrected chi connectivity index (χ1v) is 5.92. The molecule has 0 spiro atoms. The molecule has 0 aromatic carbocycles. The first kappa shape index (κ1) is 14.6. The normalized spacial score (nSPS) is 22.6. The summed E-state index contributed by atoms with van der Waals surface area (Å²) >= 11 is 0. The van der Waals surface area contributed by atoms with E-state index in [4.69, 9.17) is 20.4 Å². The Kier molecular flexibility index (Phi) is 4.77. The molecule has 1 heterocycles. The number of carbonyl (C=O) groups excluding carboxylic acids is 1. The summed E-state index contributed by atoms with van der Waals surface area (Å²) in [5.74, 6) is -0.0900. The van der Waals surface area contributed by atoms with Gasteiger partial charge < -0.3 is 25.7 Å². The molecule has 18 heavy (non-hydrogen) atoms. The summed E-state index contributed by atoms with van der Waals surface area (Å²) in [4.78, 5) is 11.7. The summed E-state index contributed by atoms with van der Waals surface area (Å²) in [5, 5.41) is 14.2. The smallest absolute Gasteiger partial charge is 0.408 e. The van der Waals surface area contributed by atoms with Crippen molar-refractivity contribution in [2.45, 2.75) is 51.4 Å². The molecule has 1 aliphatic rings. The highest BCUT2D eigenvalue weighted by Gasteiger charge is 2.32. The van der Waals surface area contributed by atoms with Crippen molar-refractivity contribution in [3.8, 4) is 0 Å². The monoisotopic (exact) mass is 259 g/mol. The molecule has 0 aromatic heterocycles. The molecule has 7 nitrogen and oxygen atoms in total. The number of oxime groups is 1. The summed E-state index contributed by atoms with van der Waals surface area (Å²) < 4.78 is 10.6. The van der Waals surface area contributed by atoms with E-state index in [1.807, 2.05) is 0 Å². The van der Waals surface area contributed by atoms with Crippen LogP contribution in [0.3, 0.4) is 0 Å². The number of hydrogen-bond donors (Lipinski definition) is 3. The van der Waals surface area contributed by atoms with E-state index in [-0.39, 0.29) is 11.9 Å². The molecular weight excluding hydrogens is 238 g/mol. The van der Waals surface area contributed by atoms with Crippen LogP contribution < -0.4 is 11.1 Å². The average Bonchev–Trinajstić information content (AvgIpc) is 2.75. The highest BCUT2D eigenvalue weighted by Crippen LogP contribution is 2.16. The van der Waals surface area contributed by atoms with Crippen molar-refractivity contribution >= 4 is 11.9 Å². The van der Waals surface area contributed by atoms with Crippen molar-refractivity contribution < 1.29 is 19.5 Å². The number of rotatable bonds is 3. The van der Waals surface area contributed by atoms with Gasteiger partial charge >= 0.3 is 6.09 Å². The van der Waals surface area contributed by atoms with Crippen LogP contribution in [-0.4, -0.2) is 41.5 Å². The Labute approximate surface area is 106 Å². The average molecular weight is 259 g/mol. The van der Waals surface area contributed by atoms with Crippen LogP contribution in [0.4, 0.5) is 4.79 Å². The van der Waals surface area contributed by atoms with Crippen LogP contribution in [0, 0.1) is 0 Å². The van der Waals surface area contributed by atoms with Gasteiger partial charge in [-0.15, -0.1) is 0 Å². The Balaban J connectivity index is 2.64. The number of nitrogens with one attached hydrogen (secondary N) is 1. The van der Waals surface area contributed by atoms with Crippen LogP contribution in [0.25, 0.3) is 0 Å². The van der Waals surface area contributed by atoms with Gasteiger partial charge in [0, 0.05) is 6.61 Å². The highest BCUT2D eigenvalue weighted by atomic mass is 16.6. The Morgan fingerprint density at radius 3 is 2.72 bits per heavy atom. The molecule has 1 saturated heterocycles. The molecule has 0 unspecified atom stereocenters. The van der Waals surface area contributed by atoms with Gasteiger partial charge in [-0.3, -0.25) is 0 Å². The molecule has 2 atom stereocenters. The van der Waals surface area contributed by atoms with E-state index in [9.17, 15) is 4.79 Å². The third-order valence-corrected chi connectivity index (χ3v) is 2.44. The number of alkyl carbamates (subject to hydrolysis) is 1. The molecular formula is C11H21N3O4. The molecule has 0 aromatic rings. The van der Waals surface area contributed by atoms with Crippen molar-refractivity contribution in [1.29, 1.82) is 0 Å². The van der Waals surface area contributed by atoms with Crippen LogP contribution >= 0.6 is 0 Å². The largest absolute Gasteiger partial charge is 0.444 e. The summed E-state index contributed by atoms with van der Waals surface area (Å²) in [6, 6.07) is -0.674. The van der Waals surface area contributed by atoms with Crippen molar-refractivity contribution in [2.24, 2.45) is 10.9 Å². The van der Waals surface area contributed by atoms with Crippen LogP contribution in [0.1, 0.15) is 33.6 Å². The minimum Gasteiger partial charge on any atom is -0.444 e. The minimum atomic E-state index is -0.674. The number of amides is 1. The second-order valence-corrected chi connectivity index (χ2v) is 5.20. The maximum absolute atomic E-state index is 11.7. The molecule has 7 heteroatoms. The van der Waals surface area contributed by atoms with Crippen molar-refractivity contribution in [1.82, 2.24) is 5.32 Å². The predicted molar refractivity (Wildman–Crippen MR) is 65.5 cm³/mol. The third kappa shape index (κ3) is 4.40.